The number of likely N-dealkylation sites (tertiary alicyclic amines) is 1. The Kier molecular flexibility index (Phi) is 4.82. The highest BCUT2D eigenvalue weighted by molar-refractivity contribution is 7.09. The third kappa shape index (κ3) is 3.29. The molecule has 2 atom stereocenters. The van der Waals surface area contributed by atoms with Crippen molar-refractivity contribution < 1.29 is 19.4 Å². The van der Waals surface area contributed by atoms with Gasteiger partial charge in [0.1, 0.15) is 5.69 Å². The van der Waals surface area contributed by atoms with Crippen molar-refractivity contribution in [3.63, 3.8) is 0 Å². The topological polar surface area (TPSA) is 71.9 Å². The van der Waals surface area contributed by atoms with Gasteiger partial charge in [-0.1, -0.05) is 13.0 Å². The fourth-order valence-electron chi connectivity index (χ4n) is 3.55. The fraction of sp³-hybridized carbons (Fsp3) is 0.474. The molecule has 138 valence electrons. The van der Waals surface area contributed by atoms with E-state index in [2.05, 4.69) is 11.9 Å². The van der Waals surface area contributed by atoms with E-state index >= 15 is 0 Å². The van der Waals surface area contributed by atoms with Crippen LogP contribution in [0.2, 0.25) is 0 Å². The molecule has 0 unspecified atom stereocenters. The Morgan fingerprint density at radius 2 is 2.23 bits per heavy atom. The van der Waals surface area contributed by atoms with Gasteiger partial charge >= 0.3 is 0 Å². The number of aliphatic hydroxyl groups excluding tert-OH is 1. The van der Waals surface area contributed by atoms with Gasteiger partial charge in [0.05, 0.1) is 11.1 Å². The molecule has 0 aliphatic carbocycles. The van der Waals surface area contributed by atoms with Gasteiger partial charge in [-0.15, -0.1) is 11.3 Å². The summed E-state index contributed by atoms with van der Waals surface area (Å²) in [5, 5.41) is 13.5. The first-order valence-corrected chi connectivity index (χ1v) is 9.85. The molecule has 2 aliphatic rings. The Labute approximate surface area is 156 Å². The first-order valence-electron chi connectivity index (χ1n) is 8.97. The van der Waals surface area contributed by atoms with Gasteiger partial charge in [-0.3, -0.25) is 4.79 Å². The molecule has 4 rings (SSSR count). The van der Waals surface area contributed by atoms with Crippen molar-refractivity contribution in [2.45, 2.75) is 38.2 Å². The largest absolute Gasteiger partial charge is 0.454 e. The molecular formula is C19H22N2O4S. The van der Waals surface area contributed by atoms with Crippen LogP contribution in [0.1, 0.15) is 46.7 Å². The second-order valence-corrected chi connectivity index (χ2v) is 7.65. The Bertz CT molecular complexity index is 807. The summed E-state index contributed by atoms with van der Waals surface area (Å²) < 4.78 is 10.8. The zero-order valence-corrected chi connectivity index (χ0v) is 15.5. The molecule has 1 amide bonds. The molecule has 2 aliphatic heterocycles. The normalized spacial score (nSPS) is 21.8. The molecule has 3 heterocycles. The second-order valence-electron chi connectivity index (χ2n) is 6.70. The van der Waals surface area contributed by atoms with Crippen LogP contribution in [0.15, 0.2) is 23.6 Å². The number of fused-ring (bicyclic) bond motifs is 1. The zero-order chi connectivity index (χ0) is 18.1. The van der Waals surface area contributed by atoms with Gasteiger partial charge in [-0.05, 0) is 37.0 Å². The number of nitrogens with zero attached hydrogens (tertiary/aromatic N) is 2. The number of benzene rings is 1. The van der Waals surface area contributed by atoms with Crippen LogP contribution < -0.4 is 9.47 Å². The zero-order valence-electron chi connectivity index (χ0n) is 14.7. The number of hydrogen-bond donors (Lipinski definition) is 1. The maximum atomic E-state index is 12.7. The van der Waals surface area contributed by atoms with E-state index in [1.54, 1.807) is 4.90 Å². The lowest BCUT2D eigenvalue weighted by atomic mass is 9.87. The summed E-state index contributed by atoms with van der Waals surface area (Å²) in [5.74, 6) is 1.35. The Morgan fingerprint density at radius 1 is 1.38 bits per heavy atom. The Balaban J connectivity index is 1.43. The van der Waals surface area contributed by atoms with Gasteiger partial charge < -0.3 is 19.5 Å². The number of rotatable bonds is 4. The SMILES string of the molecule is CCCc1nc(C(=O)N2CC[C@@H](c3ccc4c(c3)OCO4)[C@H](O)C2)cs1. The average molecular weight is 374 g/mol. The van der Waals surface area contributed by atoms with Crippen molar-refractivity contribution in [1.29, 1.82) is 0 Å². The molecule has 0 spiro atoms. The second kappa shape index (κ2) is 7.25. The van der Waals surface area contributed by atoms with Crippen LogP contribution in [-0.4, -0.2) is 46.9 Å². The van der Waals surface area contributed by atoms with Crippen LogP contribution in [0.4, 0.5) is 0 Å². The third-order valence-corrected chi connectivity index (χ3v) is 5.84. The number of carbonyl (C=O) groups excluding carboxylic acids is 1. The van der Waals surface area contributed by atoms with Crippen LogP contribution in [0.5, 0.6) is 11.5 Å². The molecule has 0 bridgehead atoms. The Morgan fingerprint density at radius 3 is 3.04 bits per heavy atom. The van der Waals surface area contributed by atoms with Crippen molar-refractivity contribution in [3.8, 4) is 11.5 Å². The molecule has 1 fully saturated rings. The van der Waals surface area contributed by atoms with Gasteiger partial charge in [0, 0.05) is 24.4 Å². The monoisotopic (exact) mass is 374 g/mol. The summed E-state index contributed by atoms with van der Waals surface area (Å²) in [4.78, 5) is 18.8. The van der Waals surface area contributed by atoms with Crippen LogP contribution in [0, 0.1) is 0 Å². The summed E-state index contributed by atoms with van der Waals surface area (Å²) in [5.41, 5.74) is 1.51. The van der Waals surface area contributed by atoms with Gasteiger partial charge in [0.15, 0.2) is 11.5 Å². The lowest BCUT2D eigenvalue weighted by Gasteiger charge is -2.36. The molecule has 7 heteroatoms. The number of thiazole rings is 1. The number of aryl methyl sites for hydroxylation is 1. The van der Waals surface area contributed by atoms with Crippen LogP contribution >= 0.6 is 11.3 Å². The first-order chi connectivity index (χ1) is 12.7. The molecule has 6 nitrogen and oxygen atoms in total. The van der Waals surface area contributed by atoms with Gasteiger partial charge in [-0.25, -0.2) is 4.98 Å². The highest BCUT2D eigenvalue weighted by Gasteiger charge is 2.33. The lowest BCUT2D eigenvalue weighted by molar-refractivity contribution is 0.0378. The van der Waals surface area contributed by atoms with Crippen molar-refractivity contribution in [2.75, 3.05) is 19.9 Å². The van der Waals surface area contributed by atoms with E-state index in [4.69, 9.17) is 9.47 Å². The first kappa shape index (κ1) is 17.3. The smallest absolute Gasteiger partial charge is 0.273 e. The molecular weight excluding hydrogens is 352 g/mol. The predicted molar refractivity (Wildman–Crippen MR) is 97.9 cm³/mol. The number of aliphatic hydroxyl groups is 1. The maximum absolute atomic E-state index is 12.7. The molecule has 1 N–H and O–H groups in total. The molecule has 0 saturated carbocycles. The van der Waals surface area contributed by atoms with E-state index in [1.165, 1.54) is 11.3 Å². The highest BCUT2D eigenvalue weighted by atomic mass is 32.1. The van der Waals surface area contributed by atoms with Crippen LogP contribution in [-0.2, 0) is 6.42 Å². The maximum Gasteiger partial charge on any atom is 0.273 e. The molecule has 1 saturated heterocycles. The quantitative estimate of drug-likeness (QED) is 0.891. The summed E-state index contributed by atoms with van der Waals surface area (Å²) in [6, 6.07) is 5.79. The van der Waals surface area contributed by atoms with Crippen molar-refractivity contribution >= 4 is 17.2 Å². The van der Waals surface area contributed by atoms with Crippen LogP contribution in [0.3, 0.4) is 0 Å². The van der Waals surface area contributed by atoms with Crippen LogP contribution in [0.25, 0.3) is 0 Å². The minimum Gasteiger partial charge on any atom is -0.454 e. The number of amides is 1. The lowest BCUT2D eigenvalue weighted by Crippen LogP contribution is -2.45. The number of hydrogen-bond acceptors (Lipinski definition) is 6. The standard InChI is InChI=1S/C19H22N2O4S/c1-2-3-18-20-14(10-26-18)19(23)21-7-6-13(15(22)9-21)12-4-5-16-17(8-12)25-11-24-16/h4-5,8,10,13,15,22H,2-3,6-7,9,11H2,1H3/t13-,15+/m0/s1. The van der Waals surface area contributed by atoms with Gasteiger partial charge in [0.25, 0.3) is 5.91 Å². The summed E-state index contributed by atoms with van der Waals surface area (Å²) in [6.45, 7) is 3.26. The minimum absolute atomic E-state index is 0.0142. The highest BCUT2D eigenvalue weighted by Crippen LogP contribution is 2.37. The van der Waals surface area contributed by atoms with E-state index in [0.29, 0.717) is 25.2 Å². The molecule has 1 aromatic carbocycles. The molecule has 1 aromatic heterocycles. The number of ether oxygens (including phenoxy) is 2. The van der Waals surface area contributed by atoms with E-state index in [0.717, 1.165) is 34.9 Å². The van der Waals surface area contributed by atoms with Crippen molar-refractivity contribution in [2.24, 2.45) is 0 Å². The molecule has 26 heavy (non-hydrogen) atoms. The van der Waals surface area contributed by atoms with Crippen molar-refractivity contribution in [3.05, 3.63) is 39.8 Å². The van der Waals surface area contributed by atoms with E-state index in [-0.39, 0.29) is 18.6 Å². The van der Waals surface area contributed by atoms with Crippen molar-refractivity contribution in [1.82, 2.24) is 9.88 Å². The fourth-order valence-corrected chi connectivity index (χ4v) is 4.42. The average Bonchev–Trinajstić information content (AvgIpc) is 3.30. The third-order valence-electron chi connectivity index (χ3n) is 4.93. The number of β-amino-alcohol motifs (C(OH)–C–C–N with tert-alkyl or cyclic N) is 1. The summed E-state index contributed by atoms with van der Waals surface area (Å²) >= 11 is 1.53. The number of carbonyl (C=O) groups is 1. The predicted octanol–water partition coefficient (Wildman–Crippen LogP) is 2.81. The summed E-state index contributed by atoms with van der Waals surface area (Å²) in [6.07, 6.45) is 2.01. The van der Waals surface area contributed by atoms with Gasteiger partial charge in [-0.2, -0.15) is 0 Å². The Hall–Kier alpha value is -2.12. The number of aromatic nitrogens is 1. The minimum atomic E-state index is -0.609. The summed E-state index contributed by atoms with van der Waals surface area (Å²) in [7, 11) is 0. The number of piperidine rings is 1. The van der Waals surface area contributed by atoms with E-state index < -0.39 is 6.10 Å². The molecule has 2 aromatic rings. The van der Waals surface area contributed by atoms with E-state index in [1.807, 2.05) is 23.6 Å². The molecule has 0 radical (unpaired) electrons. The van der Waals surface area contributed by atoms with Gasteiger partial charge in [0.2, 0.25) is 6.79 Å². The van der Waals surface area contributed by atoms with E-state index in [9.17, 15) is 9.90 Å².